The summed E-state index contributed by atoms with van der Waals surface area (Å²) in [6.07, 6.45) is 5.50. The van der Waals surface area contributed by atoms with Crippen molar-refractivity contribution in [3.8, 4) is 5.75 Å². The normalized spacial score (nSPS) is 20.1. The number of quaternary nitrogens is 1. The topological polar surface area (TPSA) is 86.1 Å². The summed E-state index contributed by atoms with van der Waals surface area (Å²) in [6, 6.07) is 6.86. The molecule has 3 rings (SSSR count). The molecule has 7 heteroatoms. The van der Waals surface area contributed by atoms with Gasteiger partial charge in [-0.15, -0.1) is 0 Å². The van der Waals surface area contributed by atoms with Crippen molar-refractivity contribution in [2.45, 2.75) is 51.1 Å². The van der Waals surface area contributed by atoms with Gasteiger partial charge < -0.3 is 20.2 Å². The van der Waals surface area contributed by atoms with Gasteiger partial charge in [0.05, 0.1) is 31.9 Å². The van der Waals surface area contributed by atoms with Gasteiger partial charge in [0.2, 0.25) is 0 Å². The van der Waals surface area contributed by atoms with Crippen molar-refractivity contribution in [2.24, 2.45) is 0 Å². The second-order valence-electron chi connectivity index (χ2n) is 7.65. The third kappa shape index (κ3) is 5.13. The predicted molar refractivity (Wildman–Crippen MR) is 104 cm³/mol. The van der Waals surface area contributed by atoms with Crippen LogP contribution in [0.1, 0.15) is 39.0 Å². The number of anilines is 1. The molecule has 2 aliphatic rings. The van der Waals surface area contributed by atoms with Gasteiger partial charge in [-0.05, 0) is 31.9 Å². The van der Waals surface area contributed by atoms with Crippen LogP contribution in [0.2, 0.25) is 0 Å². The fourth-order valence-corrected chi connectivity index (χ4v) is 4.07. The van der Waals surface area contributed by atoms with Crippen molar-refractivity contribution in [2.75, 3.05) is 31.1 Å². The van der Waals surface area contributed by atoms with Gasteiger partial charge in [-0.2, -0.15) is 0 Å². The van der Waals surface area contributed by atoms with Crippen molar-refractivity contribution in [1.29, 1.82) is 0 Å². The number of phenols is 1. The van der Waals surface area contributed by atoms with Crippen LogP contribution in [-0.2, 0) is 4.79 Å². The fourth-order valence-electron chi connectivity index (χ4n) is 4.07. The molecule has 1 heterocycles. The van der Waals surface area contributed by atoms with Gasteiger partial charge in [-0.1, -0.05) is 31.4 Å². The van der Waals surface area contributed by atoms with Crippen LogP contribution >= 0.6 is 0 Å². The molecule has 0 spiro atoms. The van der Waals surface area contributed by atoms with Gasteiger partial charge >= 0.3 is 6.03 Å². The van der Waals surface area contributed by atoms with Crippen molar-refractivity contribution < 1.29 is 19.6 Å². The highest BCUT2D eigenvalue weighted by atomic mass is 16.3. The number of para-hydroxylation sites is 2. The third-order valence-electron chi connectivity index (χ3n) is 5.81. The van der Waals surface area contributed by atoms with E-state index in [-0.39, 0.29) is 29.8 Å². The summed E-state index contributed by atoms with van der Waals surface area (Å²) in [7, 11) is 0. The van der Waals surface area contributed by atoms with E-state index in [1.807, 2.05) is 25.1 Å². The van der Waals surface area contributed by atoms with E-state index in [9.17, 15) is 14.7 Å². The Hall–Kier alpha value is -2.28. The van der Waals surface area contributed by atoms with E-state index in [1.165, 1.54) is 6.42 Å². The Morgan fingerprint density at radius 3 is 2.48 bits per heavy atom. The molecule has 1 saturated carbocycles. The Bertz CT molecular complexity index is 652. The first-order valence-corrected chi connectivity index (χ1v) is 10.0. The van der Waals surface area contributed by atoms with Crippen molar-refractivity contribution in [3.63, 3.8) is 0 Å². The molecule has 2 fully saturated rings. The molecule has 1 aliphatic heterocycles. The Kier molecular flexibility index (Phi) is 6.55. The van der Waals surface area contributed by atoms with Crippen LogP contribution in [-0.4, -0.2) is 55.3 Å². The van der Waals surface area contributed by atoms with E-state index < -0.39 is 0 Å². The number of phenolic OH excluding ortho intramolecular Hbond substituents is 1. The maximum absolute atomic E-state index is 12.5. The van der Waals surface area contributed by atoms with Gasteiger partial charge in [0.15, 0.2) is 6.04 Å². The van der Waals surface area contributed by atoms with Crippen LogP contribution in [0, 0.1) is 0 Å². The average Bonchev–Trinajstić information content (AvgIpc) is 2.68. The molecule has 0 unspecified atom stereocenters. The lowest BCUT2D eigenvalue weighted by molar-refractivity contribution is -0.914. The molecule has 1 aromatic rings. The quantitative estimate of drug-likeness (QED) is 0.622. The average molecular weight is 375 g/mol. The summed E-state index contributed by atoms with van der Waals surface area (Å²) in [5, 5.41) is 15.4. The van der Waals surface area contributed by atoms with Crippen LogP contribution in [0.4, 0.5) is 10.5 Å². The van der Waals surface area contributed by atoms with Gasteiger partial charge in [-0.3, -0.25) is 10.1 Å². The Labute approximate surface area is 160 Å². The number of urea groups is 1. The predicted octanol–water partition coefficient (Wildman–Crippen LogP) is 0.644. The largest absolute Gasteiger partial charge is 0.506 e. The molecule has 148 valence electrons. The van der Waals surface area contributed by atoms with Crippen molar-refractivity contribution in [3.05, 3.63) is 24.3 Å². The molecule has 27 heavy (non-hydrogen) atoms. The summed E-state index contributed by atoms with van der Waals surface area (Å²) < 4.78 is 0. The number of aromatic hydroxyl groups is 1. The van der Waals surface area contributed by atoms with Crippen molar-refractivity contribution in [1.82, 2.24) is 10.6 Å². The second-order valence-corrected chi connectivity index (χ2v) is 7.65. The van der Waals surface area contributed by atoms with Gasteiger partial charge in [0, 0.05) is 6.04 Å². The zero-order valence-electron chi connectivity index (χ0n) is 16.0. The number of hydrogen-bond donors (Lipinski definition) is 4. The standard InChI is InChI=1S/C20H30N4O3/c1-15(19(26)22-20(27)21-16-7-3-2-4-8-16)23-11-13-24(14-12-23)17-9-5-6-10-18(17)25/h5-6,9-10,15-16,25H,2-4,7-8,11-14H2,1H3,(H2,21,22,26,27)/p+1/t15-/m1/s1. The van der Waals surface area contributed by atoms with Crippen LogP contribution in [0.5, 0.6) is 5.75 Å². The van der Waals surface area contributed by atoms with Gasteiger partial charge in [0.1, 0.15) is 5.75 Å². The molecular weight excluding hydrogens is 344 g/mol. The maximum atomic E-state index is 12.5. The molecule has 1 aromatic carbocycles. The van der Waals surface area contributed by atoms with Crippen molar-refractivity contribution >= 4 is 17.6 Å². The smallest absolute Gasteiger partial charge is 0.321 e. The summed E-state index contributed by atoms with van der Waals surface area (Å²) in [6.45, 7) is 4.96. The number of imide groups is 1. The maximum Gasteiger partial charge on any atom is 0.321 e. The first kappa shape index (κ1) is 19.5. The summed E-state index contributed by atoms with van der Waals surface area (Å²) in [4.78, 5) is 27.8. The van der Waals surface area contributed by atoms with E-state index >= 15 is 0 Å². The SMILES string of the molecule is C[C@H](C(=O)NC(=O)NC1CCCCC1)[NH+]1CCN(c2ccccc2O)CC1. The highest BCUT2D eigenvalue weighted by Crippen LogP contribution is 2.26. The van der Waals surface area contributed by atoms with Crippen LogP contribution < -0.4 is 20.4 Å². The molecule has 1 saturated heterocycles. The van der Waals surface area contributed by atoms with E-state index in [0.717, 1.165) is 62.4 Å². The number of carbonyl (C=O) groups excluding carboxylic acids is 2. The molecule has 0 radical (unpaired) electrons. The first-order valence-electron chi connectivity index (χ1n) is 10.0. The first-order chi connectivity index (χ1) is 13.0. The number of amides is 3. The number of nitrogens with one attached hydrogen (secondary N) is 3. The van der Waals surface area contributed by atoms with E-state index in [1.54, 1.807) is 6.07 Å². The summed E-state index contributed by atoms with van der Waals surface area (Å²) in [5.41, 5.74) is 0.834. The Balaban J connectivity index is 1.45. The zero-order chi connectivity index (χ0) is 19.2. The number of carbonyl (C=O) groups is 2. The number of hydrogen-bond acceptors (Lipinski definition) is 4. The summed E-state index contributed by atoms with van der Waals surface area (Å²) >= 11 is 0. The second kappa shape index (κ2) is 9.08. The number of nitrogens with zero attached hydrogens (tertiary/aromatic N) is 1. The molecule has 4 N–H and O–H groups in total. The lowest BCUT2D eigenvalue weighted by Gasteiger charge is -2.36. The third-order valence-corrected chi connectivity index (χ3v) is 5.81. The number of rotatable bonds is 4. The van der Waals surface area contributed by atoms with E-state index in [4.69, 9.17) is 0 Å². The number of benzene rings is 1. The molecule has 1 atom stereocenters. The molecule has 3 amide bonds. The highest BCUT2D eigenvalue weighted by molar-refractivity contribution is 5.96. The van der Waals surface area contributed by atoms with Gasteiger partial charge in [0.25, 0.3) is 5.91 Å². The zero-order valence-corrected chi connectivity index (χ0v) is 16.0. The minimum Gasteiger partial charge on any atom is -0.506 e. The highest BCUT2D eigenvalue weighted by Gasteiger charge is 2.31. The van der Waals surface area contributed by atoms with Gasteiger partial charge in [-0.25, -0.2) is 4.79 Å². The van der Waals surface area contributed by atoms with Crippen LogP contribution in [0.25, 0.3) is 0 Å². The minimum atomic E-state index is -0.369. The molecule has 0 bridgehead atoms. The lowest BCUT2D eigenvalue weighted by Crippen LogP contribution is -3.19. The molecule has 0 aromatic heterocycles. The van der Waals surface area contributed by atoms with Crippen LogP contribution in [0.15, 0.2) is 24.3 Å². The monoisotopic (exact) mass is 375 g/mol. The fraction of sp³-hybridized carbons (Fsp3) is 0.600. The molecule has 1 aliphatic carbocycles. The van der Waals surface area contributed by atoms with E-state index in [0.29, 0.717) is 0 Å². The Morgan fingerprint density at radius 1 is 1.15 bits per heavy atom. The molecule has 7 nitrogen and oxygen atoms in total. The van der Waals surface area contributed by atoms with Crippen LogP contribution in [0.3, 0.4) is 0 Å². The van der Waals surface area contributed by atoms with E-state index in [2.05, 4.69) is 15.5 Å². The molecular formula is C20H31N4O3+. The Morgan fingerprint density at radius 2 is 1.81 bits per heavy atom. The number of piperazine rings is 1. The summed E-state index contributed by atoms with van der Waals surface area (Å²) in [5.74, 6) is 0.0560. The lowest BCUT2D eigenvalue weighted by atomic mass is 9.96. The minimum absolute atomic E-state index is 0.191.